The van der Waals surface area contributed by atoms with Crippen molar-refractivity contribution in [1.82, 2.24) is 15.1 Å². The van der Waals surface area contributed by atoms with Crippen molar-refractivity contribution in [2.24, 2.45) is 0 Å². The second-order valence-electron chi connectivity index (χ2n) is 2.57. The summed E-state index contributed by atoms with van der Waals surface area (Å²) < 4.78 is 1.97. The van der Waals surface area contributed by atoms with E-state index in [4.69, 9.17) is 0 Å². The summed E-state index contributed by atoms with van der Waals surface area (Å²) in [6.45, 7) is 2.17. The minimum Gasteiger partial charge on any atom is -0.432 e. The molecule has 11 heavy (non-hydrogen) atoms. The second-order valence-corrected chi connectivity index (χ2v) is 2.57. The van der Waals surface area contributed by atoms with Crippen LogP contribution in [0.3, 0.4) is 0 Å². The van der Waals surface area contributed by atoms with Gasteiger partial charge in [-0.25, -0.2) is 5.10 Å². The van der Waals surface area contributed by atoms with E-state index >= 15 is 0 Å². The Labute approximate surface area is 91.4 Å². The van der Waals surface area contributed by atoms with Crippen LogP contribution in [0.15, 0.2) is 12.4 Å². The number of nitrogens with one attached hydrogen (secondary N) is 1. The Kier molecular flexibility index (Phi) is 3.69. The molecular weight excluding hydrogens is 215 g/mol. The molecule has 0 aromatic carbocycles. The van der Waals surface area contributed by atoms with Gasteiger partial charge in [-0.1, -0.05) is 0 Å². The van der Waals surface area contributed by atoms with Gasteiger partial charge in [0.05, 0.1) is 6.04 Å². The topological polar surface area (TPSA) is 29.9 Å². The van der Waals surface area contributed by atoms with E-state index < -0.39 is 0 Å². The van der Waals surface area contributed by atoms with Gasteiger partial charge in [0.15, 0.2) is 0 Å². The minimum atomic E-state index is 0. The summed E-state index contributed by atoms with van der Waals surface area (Å²) in [5, 5.41) is 7.41. The van der Waals surface area contributed by atoms with E-state index in [1.165, 1.54) is 6.42 Å². The van der Waals surface area contributed by atoms with Crippen LogP contribution in [0.1, 0.15) is 12.5 Å². The molecule has 1 radical (unpaired) electrons. The summed E-state index contributed by atoms with van der Waals surface area (Å²) in [5.41, 5.74) is 0. The fourth-order valence-corrected chi connectivity index (χ4v) is 1.31. The van der Waals surface area contributed by atoms with E-state index in [1.54, 1.807) is 6.20 Å². The third kappa shape index (κ3) is 2.11. The molecule has 0 spiro atoms. The minimum absolute atomic E-state index is 0. The Hall–Kier alpha value is 0.274. The fraction of sp³-hybridized carbons (Fsp3) is 0.571. The molecule has 1 aromatic rings. The summed E-state index contributed by atoms with van der Waals surface area (Å²) in [5.74, 6) is 0. The van der Waals surface area contributed by atoms with Gasteiger partial charge in [-0.15, -0.1) is 6.20 Å². The molecule has 0 aliphatic carbocycles. The van der Waals surface area contributed by atoms with Crippen molar-refractivity contribution in [3.63, 3.8) is 0 Å². The molecule has 1 aliphatic rings. The normalized spacial score (nSPS) is 23.1. The van der Waals surface area contributed by atoms with Crippen LogP contribution in [0.5, 0.6) is 0 Å². The Bertz CT molecular complexity index is 191. The van der Waals surface area contributed by atoms with Crippen molar-refractivity contribution in [3.8, 4) is 0 Å². The van der Waals surface area contributed by atoms with Gasteiger partial charge in [-0.2, -0.15) is 6.20 Å². The van der Waals surface area contributed by atoms with E-state index in [0.29, 0.717) is 6.04 Å². The molecule has 0 bridgehead atoms. The van der Waals surface area contributed by atoms with Gasteiger partial charge in [-0.05, 0) is 13.0 Å². The third-order valence-corrected chi connectivity index (χ3v) is 1.88. The van der Waals surface area contributed by atoms with Crippen LogP contribution in [-0.2, 0) is 32.7 Å². The van der Waals surface area contributed by atoms with Gasteiger partial charge in [0.25, 0.3) is 0 Å². The molecule has 0 amide bonds. The van der Waals surface area contributed by atoms with E-state index in [1.807, 2.05) is 10.9 Å². The Balaban J connectivity index is 0.000000605. The van der Waals surface area contributed by atoms with Gasteiger partial charge < -0.3 is 16.1 Å². The van der Waals surface area contributed by atoms with Crippen LogP contribution < -0.4 is 5.32 Å². The number of hydrogen-bond donors (Lipinski definition) is 1. The molecule has 2 rings (SSSR count). The molecule has 57 valence electrons. The zero-order chi connectivity index (χ0) is 6.81. The first-order chi connectivity index (χ1) is 4.97. The van der Waals surface area contributed by atoms with Gasteiger partial charge in [0.1, 0.15) is 0 Å². The molecule has 1 aromatic heterocycles. The molecule has 1 unspecified atom stereocenters. The van der Waals surface area contributed by atoms with E-state index in [2.05, 4.69) is 16.5 Å². The van der Waals surface area contributed by atoms with Crippen molar-refractivity contribution >= 4 is 0 Å². The molecule has 4 heteroatoms. The van der Waals surface area contributed by atoms with Crippen LogP contribution in [-0.4, -0.2) is 22.9 Å². The van der Waals surface area contributed by atoms with E-state index in [9.17, 15) is 0 Å². The molecule has 2 heterocycles. The molecule has 3 nitrogen and oxygen atoms in total. The van der Waals surface area contributed by atoms with E-state index in [0.717, 1.165) is 13.1 Å². The fourth-order valence-electron chi connectivity index (χ4n) is 1.31. The van der Waals surface area contributed by atoms with Crippen molar-refractivity contribution < 1.29 is 32.7 Å². The van der Waals surface area contributed by atoms with Gasteiger partial charge in [0.2, 0.25) is 0 Å². The SMILES string of the molecule is [Y].[c-]1cnn(C2CCNC2)c1. The Morgan fingerprint density at radius 1 is 1.64 bits per heavy atom. The zero-order valence-electron chi connectivity index (χ0n) is 6.33. The summed E-state index contributed by atoms with van der Waals surface area (Å²) in [6.07, 6.45) is 4.80. The molecule has 1 fully saturated rings. The average molecular weight is 225 g/mol. The standard InChI is InChI=1S/C7H10N3.Y/c1-3-9-10(5-1)7-2-4-8-6-7;/h3,5,7-8H,2,4,6H2;/q-1;. The summed E-state index contributed by atoms with van der Waals surface area (Å²) in [6, 6.07) is 3.49. The van der Waals surface area contributed by atoms with Crippen LogP contribution in [0.2, 0.25) is 0 Å². The van der Waals surface area contributed by atoms with Crippen molar-refractivity contribution in [3.05, 3.63) is 18.5 Å². The number of aromatic nitrogens is 2. The van der Waals surface area contributed by atoms with Crippen LogP contribution in [0.4, 0.5) is 0 Å². The average Bonchev–Trinajstić information content (AvgIpc) is 2.59. The maximum Gasteiger partial charge on any atom is 0.0621 e. The molecule has 1 N–H and O–H groups in total. The van der Waals surface area contributed by atoms with Gasteiger partial charge in [-0.3, -0.25) is 0 Å². The number of rotatable bonds is 1. The monoisotopic (exact) mass is 225 g/mol. The molecule has 1 aliphatic heterocycles. The maximum atomic E-state index is 4.12. The van der Waals surface area contributed by atoms with Crippen LogP contribution in [0.25, 0.3) is 0 Å². The van der Waals surface area contributed by atoms with Gasteiger partial charge >= 0.3 is 0 Å². The first kappa shape index (κ1) is 9.36. The quantitative estimate of drug-likeness (QED) is 0.692. The predicted octanol–water partition coefficient (Wildman–Crippen LogP) is 0.215. The Morgan fingerprint density at radius 3 is 3.09 bits per heavy atom. The largest absolute Gasteiger partial charge is 0.432 e. The molecule has 1 atom stereocenters. The first-order valence-corrected chi connectivity index (χ1v) is 3.58. The van der Waals surface area contributed by atoms with E-state index in [-0.39, 0.29) is 32.7 Å². The summed E-state index contributed by atoms with van der Waals surface area (Å²) in [4.78, 5) is 0. The third-order valence-electron chi connectivity index (χ3n) is 1.88. The summed E-state index contributed by atoms with van der Waals surface area (Å²) in [7, 11) is 0. The molecular formula is C7H10N3Y-. The summed E-state index contributed by atoms with van der Waals surface area (Å²) >= 11 is 0. The second kappa shape index (κ2) is 4.34. The Morgan fingerprint density at radius 2 is 2.55 bits per heavy atom. The molecule has 1 saturated heterocycles. The number of nitrogens with zero attached hydrogens (tertiary/aromatic N) is 2. The zero-order valence-corrected chi connectivity index (χ0v) is 9.16. The van der Waals surface area contributed by atoms with Crippen LogP contribution in [0, 0.1) is 6.07 Å². The number of hydrogen-bond acceptors (Lipinski definition) is 2. The predicted molar refractivity (Wildman–Crippen MR) is 37.6 cm³/mol. The van der Waals surface area contributed by atoms with Crippen molar-refractivity contribution in [2.45, 2.75) is 12.5 Å². The maximum absolute atomic E-state index is 4.12. The molecule has 0 saturated carbocycles. The van der Waals surface area contributed by atoms with Crippen molar-refractivity contribution in [1.29, 1.82) is 0 Å². The first-order valence-electron chi connectivity index (χ1n) is 3.58. The van der Waals surface area contributed by atoms with Gasteiger partial charge in [0, 0.05) is 39.3 Å². The smallest absolute Gasteiger partial charge is 0.0621 e. The van der Waals surface area contributed by atoms with Crippen molar-refractivity contribution in [2.75, 3.05) is 13.1 Å². The van der Waals surface area contributed by atoms with Crippen LogP contribution >= 0.6 is 0 Å².